The molecule has 5 nitrogen and oxygen atoms in total. The summed E-state index contributed by atoms with van der Waals surface area (Å²) in [5.74, 6) is 0.615. The normalized spacial score (nSPS) is 11.1. The van der Waals surface area contributed by atoms with Gasteiger partial charge in [-0.1, -0.05) is 6.07 Å². The summed E-state index contributed by atoms with van der Waals surface area (Å²) in [6.45, 7) is 2.51. The second kappa shape index (κ2) is 3.62. The minimum absolute atomic E-state index is 0.521. The molecule has 2 aromatic heterocycles. The van der Waals surface area contributed by atoms with Gasteiger partial charge in [-0.3, -0.25) is 4.68 Å². The maximum Gasteiger partial charge on any atom is 0.217 e. The lowest BCUT2D eigenvalue weighted by Gasteiger charge is -1.98. The largest absolute Gasteiger partial charge is 0.439 e. The Morgan fingerprint density at radius 2 is 2.24 bits per heavy atom. The molecule has 3 rings (SSSR count). The molecule has 0 radical (unpaired) electrons. The molecule has 2 N–H and O–H groups in total. The van der Waals surface area contributed by atoms with Crippen molar-refractivity contribution in [1.82, 2.24) is 14.8 Å². The summed E-state index contributed by atoms with van der Waals surface area (Å²) in [4.78, 5) is 4.38. The van der Waals surface area contributed by atoms with E-state index in [-0.39, 0.29) is 0 Å². The van der Waals surface area contributed by atoms with E-state index in [1.807, 2.05) is 35.9 Å². The Morgan fingerprint density at radius 3 is 2.94 bits per heavy atom. The quantitative estimate of drug-likeness (QED) is 0.681. The molecule has 86 valence electrons. The highest BCUT2D eigenvalue weighted by molar-refractivity contribution is 5.85. The zero-order valence-electron chi connectivity index (χ0n) is 9.42. The van der Waals surface area contributed by atoms with Gasteiger partial charge in [0.2, 0.25) is 5.89 Å². The predicted octanol–water partition coefficient (Wildman–Crippen LogP) is 1.96. The van der Waals surface area contributed by atoms with Crippen molar-refractivity contribution < 1.29 is 4.42 Å². The van der Waals surface area contributed by atoms with E-state index in [1.54, 1.807) is 6.20 Å². The standard InChI is InChI=1S/C12H12N4O/c1-8-5-6-14-16(8)7-11-15-12-9(13)3-2-4-10(12)17-11/h2-6H,7,13H2,1H3. The molecule has 0 amide bonds. The number of nitrogen functional groups attached to an aromatic ring is 1. The van der Waals surface area contributed by atoms with Crippen LogP contribution in [0.5, 0.6) is 0 Å². The molecule has 0 unspecified atom stereocenters. The van der Waals surface area contributed by atoms with E-state index in [1.165, 1.54) is 0 Å². The number of aromatic nitrogens is 3. The number of hydrogen-bond acceptors (Lipinski definition) is 4. The Morgan fingerprint density at radius 1 is 1.35 bits per heavy atom. The zero-order chi connectivity index (χ0) is 11.8. The number of anilines is 1. The van der Waals surface area contributed by atoms with Crippen molar-refractivity contribution in [3.8, 4) is 0 Å². The van der Waals surface area contributed by atoms with Gasteiger partial charge >= 0.3 is 0 Å². The van der Waals surface area contributed by atoms with Crippen LogP contribution in [-0.4, -0.2) is 14.8 Å². The maximum absolute atomic E-state index is 5.83. The molecular weight excluding hydrogens is 216 g/mol. The smallest absolute Gasteiger partial charge is 0.217 e. The van der Waals surface area contributed by atoms with Crippen LogP contribution in [-0.2, 0) is 6.54 Å². The van der Waals surface area contributed by atoms with E-state index in [0.717, 1.165) is 5.69 Å². The third kappa shape index (κ3) is 1.65. The van der Waals surface area contributed by atoms with E-state index in [4.69, 9.17) is 10.2 Å². The van der Waals surface area contributed by atoms with Gasteiger partial charge in [-0.2, -0.15) is 5.10 Å². The molecular formula is C12H12N4O. The van der Waals surface area contributed by atoms with Crippen LogP contribution in [0.25, 0.3) is 11.1 Å². The lowest BCUT2D eigenvalue weighted by molar-refractivity contribution is 0.487. The maximum atomic E-state index is 5.83. The average molecular weight is 228 g/mol. The molecule has 0 saturated carbocycles. The first-order valence-corrected chi connectivity index (χ1v) is 5.36. The molecule has 1 aromatic carbocycles. The number of aryl methyl sites for hydroxylation is 1. The third-order valence-electron chi connectivity index (χ3n) is 2.71. The topological polar surface area (TPSA) is 69.9 Å². The average Bonchev–Trinajstić information content (AvgIpc) is 2.87. The SMILES string of the molecule is Cc1ccnn1Cc1nc2c(N)cccc2o1. The van der Waals surface area contributed by atoms with Gasteiger partial charge in [-0.05, 0) is 25.1 Å². The number of benzene rings is 1. The zero-order valence-corrected chi connectivity index (χ0v) is 9.42. The molecule has 0 saturated heterocycles. The second-order valence-electron chi connectivity index (χ2n) is 3.93. The fourth-order valence-electron chi connectivity index (χ4n) is 1.78. The van der Waals surface area contributed by atoms with E-state index in [2.05, 4.69) is 10.1 Å². The van der Waals surface area contributed by atoms with E-state index < -0.39 is 0 Å². The summed E-state index contributed by atoms with van der Waals surface area (Å²) in [5, 5.41) is 4.19. The van der Waals surface area contributed by atoms with Crippen LogP contribution in [0, 0.1) is 6.92 Å². The summed E-state index contributed by atoms with van der Waals surface area (Å²) in [7, 11) is 0. The Kier molecular flexibility index (Phi) is 2.11. The summed E-state index contributed by atoms with van der Waals surface area (Å²) >= 11 is 0. The minimum Gasteiger partial charge on any atom is -0.439 e. The van der Waals surface area contributed by atoms with Crippen molar-refractivity contribution in [2.45, 2.75) is 13.5 Å². The van der Waals surface area contributed by atoms with Gasteiger partial charge in [0.05, 0.1) is 5.69 Å². The minimum atomic E-state index is 0.521. The Hall–Kier alpha value is -2.30. The van der Waals surface area contributed by atoms with Crippen LogP contribution < -0.4 is 5.73 Å². The first-order valence-electron chi connectivity index (χ1n) is 5.36. The van der Waals surface area contributed by atoms with Gasteiger partial charge in [0.15, 0.2) is 5.58 Å². The highest BCUT2D eigenvalue weighted by Crippen LogP contribution is 2.21. The molecule has 0 atom stereocenters. The summed E-state index contributed by atoms with van der Waals surface area (Å²) < 4.78 is 7.46. The Balaban J connectivity index is 2.02. The molecule has 3 aromatic rings. The first kappa shape index (κ1) is 9.89. The van der Waals surface area contributed by atoms with Crippen LogP contribution in [0.3, 0.4) is 0 Å². The van der Waals surface area contributed by atoms with Crippen LogP contribution in [0.1, 0.15) is 11.6 Å². The number of para-hydroxylation sites is 1. The molecule has 0 fully saturated rings. The summed E-state index contributed by atoms with van der Waals surface area (Å²) in [6, 6.07) is 7.47. The fourth-order valence-corrected chi connectivity index (χ4v) is 1.78. The van der Waals surface area contributed by atoms with Crippen LogP contribution in [0.2, 0.25) is 0 Å². The number of nitrogens with two attached hydrogens (primary N) is 1. The van der Waals surface area contributed by atoms with E-state index in [0.29, 0.717) is 29.2 Å². The van der Waals surface area contributed by atoms with Crippen molar-refractivity contribution in [2.24, 2.45) is 0 Å². The van der Waals surface area contributed by atoms with Gasteiger partial charge in [-0.25, -0.2) is 4.98 Å². The van der Waals surface area contributed by atoms with Gasteiger partial charge in [0.25, 0.3) is 0 Å². The lowest BCUT2D eigenvalue weighted by Crippen LogP contribution is -2.03. The number of fused-ring (bicyclic) bond motifs is 1. The van der Waals surface area contributed by atoms with Crippen molar-refractivity contribution in [2.75, 3.05) is 5.73 Å². The van der Waals surface area contributed by atoms with E-state index in [9.17, 15) is 0 Å². The fraction of sp³-hybridized carbons (Fsp3) is 0.167. The Bertz CT molecular complexity index is 668. The number of oxazole rings is 1. The molecule has 0 aliphatic heterocycles. The lowest BCUT2D eigenvalue weighted by atomic mass is 10.3. The Labute approximate surface area is 97.9 Å². The molecule has 17 heavy (non-hydrogen) atoms. The summed E-state index contributed by atoms with van der Waals surface area (Å²) in [6.07, 6.45) is 1.76. The van der Waals surface area contributed by atoms with Crippen molar-refractivity contribution >= 4 is 16.8 Å². The molecule has 2 heterocycles. The molecule has 0 aliphatic carbocycles. The number of rotatable bonds is 2. The first-order chi connectivity index (χ1) is 8.24. The molecule has 0 aliphatic rings. The number of hydrogen-bond donors (Lipinski definition) is 1. The van der Waals surface area contributed by atoms with Crippen LogP contribution in [0.4, 0.5) is 5.69 Å². The van der Waals surface area contributed by atoms with Crippen molar-refractivity contribution in [3.05, 3.63) is 42.0 Å². The highest BCUT2D eigenvalue weighted by Gasteiger charge is 2.09. The summed E-state index contributed by atoms with van der Waals surface area (Å²) in [5.41, 5.74) is 8.96. The molecule has 0 spiro atoms. The predicted molar refractivity (Wildman–Crippen MR) is 64.5 cm³/mol. The second-order valence-corrected chi connectivity index (χ2v) is 3.93. The van der Waals surface area contributed by atoms with Crippen molar-refractivity contribution in [1.29, 1.82) is 0 Å². The van der Waals surface area contributed by atoms with E-state index >= 15 is 0 Å². The van der Waals surface area contributed by atoms with Gasteiger partial charge < -0.3 is 10.2 Å². The van der Waals surface area contributed by atoms with Crippen molar-refractivity contribution in [3.63, 3.8) is 0 Å². The van der Waals surface area contributed by atoms with Crippen LogP contribution in [0.15, 0.2) is 34.9 Å². The van der Waals surface area contributed by atoms with Gasteiger partial charge in [0, 0.05) is 11.9 Å². The molecule has 5 heteroatoms. The monoisotopic (exact) mass is 228 g/mol. The number of nitrogens with zero attached hydrogens (tertiary/aromatic N) is 3. The highest BCUT2D eigenvalue weighted by atomic mass is 16.3. The van der Waals surface area contributed by atoms with Crippen LogP contribution >= 0.6 is 0 Å². The van der Waals surface area contributed by atoms with Gasteiger partial charge in [-0.15, -0.1) is 0 Å². The molecule has 0 bridgehead atoms. The van der Waals surface area contributed by atoms with Gasteiger partial charge in [0.1, 0.15) is 12.1 Å². The third-order valence-corrected chi connectivity index (χ3v) is 2.71.